The highest BCUT2D eigenvalue weighted by Crippen LogP contribution is 2.27. The zero-order valence-electron chi connectivity index (χ0n) is 12.2. The molecule has 0 bridgehead atoms. The molecule has 1 aliphatic rings. The van der Waals surface area contributed by atoms with Crippen LogP contribution in [0.1, 0.15) is 43.2 Å². The van der Waals surface area contributed by atoms with Crippen LogP contribution < -0.4 is 0 Å². The fourth-order valence-corrected chi connectivity index (χ4v) is 4.25. The largest absolute Gasteiger partial charge is 0.392 e. The van der Waals surface area contributed by atoms with Gasteiger partial charge in [-0.25, -0.2) is 8.42 Å². The maximum Gasteiger partial charge on any atom is 0.243 e. The molecule has 0 unspecified atom stereocenters. The lowest BCUT2D eigenvalue weighted by Crippen LogP contribution is -2.38. The number of aryl methyl sites for hydroxylation is 1. The normalized spacial score (nSPS) is 17.6. The molecule has 0 aliphatic heterocycles. The summed E-state index contributed by atoms with van der Waals surface area (Å²) in [6.45, 7) is 1.73. The van der Waals surface area contributed by atoms with E-state index in [1.165, 1.54) is 10.7 Å². The van der Waals surface area contributed by atoms with Gasteiger partial charge in [-0.3, -0.25) is 0 Å². The first-order valence-electron chi connectivity index (χ1n) is 7.15. The summed E-state index contributed by atoms with van der Waals surface area (Å²) < 4.78 is 26.8. The van der Waals surface area contributed by atoms with Crippen molar-refractivity contribution in [3.8, 4) is 0 Å². The third-order valence-corrected chi connectivity index (χ3v) is 6.16. The van der Waals surface area contributed by atoms with Crippen molar-refractivity contribution in [2.24, 2.45) is 0 Å². The Morgan fingerprint density at radius 2 is 1.90 bits per heavy atom. The van der Waals surface area contributed by atoms with E-state index in [0.29, 0.717) is 5.56 Å². The summed E-state index contributed by atoms with van der Waals surface area (Å²) in [4.78, 5) is 0.278. The Kier molecular flexibility index (Phi) is 4.83. The second-order valence-electron chi connectivity index (χ2n) is 5.56. The number of nitrogens with zero attached hydrogens (tertiary/aromatic N) is 1. The smallest absolute Gasteiger partial charge is 0.243 e. The number of aliphatic hydroxyl groups excluding tert-OH is 1. The average Bonchev–Trinajstić information content (AvgIpc) is 2.47. The minimum absolute atomic E-state index is 0.104. The standard InChI is InChI=1S/C15H23NO3S/c1-12-8-9-15(10-13(12)11-17)20(18,19)16(2)14-6-4-3-5-7-14/h8-10,14,17H,3-7,11H2,1-2H3. The molecule has 2 rings (SSSR count). The highest BCUT2D eigenvalue weighted by atomic mass is 32.2. The highest BCUT2D eigenvalue weighted by molar-refractivity contribution is 7.89. The number of hydrogen-bond acceptors (Lipinski definition) is 3. The Bertz CT molecular complexity index is 562. The Morgan fingerprint density at radius 1 is 1.25 bits per heavy atom. The Labute approximate surface area is 121 Å². The molecular formula is C15H23NO3S. The van der Waals surface area contributed by atoms with Gasteiger partial charge in [-0.05, 0) is 43.0 Å². The van der Waals surface area contributed by atoms with E-state index in [4.69, 9.17) is 0 Å². The van der Waals surface area contributed by atoms with E-state index >= 15 is 0 Å². The predicted molar refractivity (Wildman–Crippen MR) is 78.9 cm³/mol. The summed E-state index contributed by atoms with van der Waals surface area (Å²) in [5, 5.41) is 9.29. The van der Waals surface area contributed by atoms with Crippen molar-refractivity contribution in [1.29, 1.82) is 0 Å². The minimum Gasteiger partial charge on any atom is -0.392 e. The first kappa shape index (κ1) is 15.5. The number of hydrogen-bond donors (Lipinski definition) is 1. The predicted octanol–water partition coefficient (Wildman–Crippen LogP) is 2.44. The van der Waals surface area contributed by atoms with Crippen LogP contribution in [0.25, 0.3) is 0 Å². The van der Waals surface area contributed by atoms with Crippen molar-refractivity contribution < 1.29 is 13.5 Å². The fraction of sp³-hybridized carbons (Fsp3) is 0.600. The summed E-state index contributed by atoms with van der Waals surface area (Å²) >= 11 is 0. The Balaban J connectivity index is 2.29. The molecule has 0 atom stereocenters. The molecule has 0 amide bonds. The van der Waals surface area contributed by atoms with Crippen LogP contribution in [0, 0.1) is 6.92 Å². The minimum atomic E-state index is -3.47. The van der Waals surface area contributed by atoms with Crippen LogP contribution in [0.4, 0.5) is 0 Å². The lowest BCUT2D eigenvalue weighted by molar-refractivity contribution is 0.280. The van der Waals surface area contributed by atoms with Crippen LogP contribution in [0.2, 0.25) is 0 Å². The van der Waals surface area contributed by atoms with Gasteiger partial charge in [0.15, 0.2) is 0 Å². The van der Waals surface area contributed by atoms with Crippen molar-refractivity contribution in [3.63, 3.8) is 0 Å². The van der Waals surface area contributed by atoms with Crippen LogP contribution in [0.15, 0.2) is 23.1 Å². The molecule has 0 aromatic heterocycles. The molecule has 0 radical (unpaired) electrons. The van der Waals surface area contributed by atoms with Crippen LogP contribution in [-0.2, 0) is 16.6 Å². The van der Waals surface area contributed by atoms with Gasteiger partial charge in [0.1, 0.15) is 0 Å². The van der Waals surface area contributed by atoms with Gasteiger partial charge in [0.2, 0.25) is 10.0 Å². The molecule has 5 heteroatoms. The molecule has 112 valence electrons. The first-order valence-corrected chi connectivity index (χ1v) is 8.59. The number of rotatable bonds is 4. The van der Waals surface area contributed by atoms with Crippen molar-refractivity contribution in [3.05, 3.63) is 29.3 Å². The molecule has 0 saturated heterocycles. The second-order valence-corrected chi connectivity index (χ2v) is 7.56. The van der Waals surface area contributed by atoms with Crippen LogP contribution in [-0.4, -0.2) is 30.9 Å². The van der Waals surface area contributed by atoms with Crippen LogP contribution in [0.3, 0.4) is 0 Å². The van der Waals surface area contributed by atoms with Gasteiger partial charge in [0.25, 0.3) is 0 Å². The zero-order chi connectivity index (χ0) is 14.8. The number of benzene rings is 1. The third-order valence-electron chi connectivity index (χ3n) is 4.26. The van der Waals surface area contributed by atoms with Gasteiger partial charge in [-0.1, -0.05) is 25.3 Å². The van der Waals surface area contributed by atoms with Crippen molar-refractivity contribution in [2.45, 2.75) is 56.6 Å². The molecule has 4 nitrogen and oxygen atoms in total. The summed E-state index contributed by atoms with van der Waals surface area (Å²) in [7, 11) is -1.80. The summed E-state index contributed by atoms with van der Waals surface area (Å²) in [5.41, 5.74) is 1.58. The van der Waals surface area contributed by atoms with Crippen LogP contribution >= 0.6 is 0 Å². The van der Waals surface area contributed by atoms with Gasteiger partial charge in [0.05, 0.1) is 11.5 Å². The Hall–Kier alpha value is -0.910. The molecule has 1 aromatic carbocycles. The molecular weight excluding hydrogens is 274 g/mol. The summed E-state index contributed by atoms with van der Waals surface area (Å²) in [5.74, 6) is 0. The average molecular weight is 297 g/mol. The molecule has 1 saturated carbocycles. The summed E-state index contributed by atoms with van der Waals surface area (Å²) in [6, 6.07) is 5.08. The number of aliphatic hydroxyl groups is 1. The quantitative estimate of drug-likeness (QED) is 0.928. The maximum atomic E-state index is 12.7. The van der Waals surface area contributed by atoms with E-state index in [1.54, 1.807) is 25.2 Å². The van der Waals surface area contributed by atoms with E-state index in [-0.39, 0.29) is 17.5 Å². The monoisotopic (exact) mass is 297 g/mol. The third kappa shape index (κ3) is 3.05. The van der Waals surface area contributed by atoms with E-state index in [0.717, 1.165) is 31.2 Å². The fourth-order valence-electron chi connectivity index (χ4n) is 2.79. The van der Waals surface area contributed by atoms with Crippen LogP contribution in [0.5, 0.6) is 0 Å². The summed E-state index contributed by atoms with van der Waals surface area (Å²) in [6.07, 6.45) is 5.27. The molecule has 0 spiro atoms. The highest BCUT2D eigenvalue weighted by Gasteiger charge is 2.29. The molecule has 1 aromatic rings. The lowest BCUT2D eigenvalue weighted by Gasteiger charge is -2.30. The maximum absolute atomic E-state index is 12.7. The molecule has 1 fully saturated rings. The zero-order valence-corrected chi connectivity index (χ0v) is 13.0. The first-order chi connectivity index (χ1) is 9.46. The SMILES string of the molecule is Cc1ccc(S(=O)(=O)N(C)C2CCCCC2)cc1CO. The van der Waals surface area contributed by atoms with Crippen molar-refractivity contribution >= 4 is 10.0 Å². The van der Waals surface area contributed by atoms with E-state index in [1.807, 2.05) is 6.92 Å². The number of sulfonamides is 1. The van der Waals surface area contributed by atoms with Crippen molar-refractivity contribution in [1.82, 2.24) is 4.31 Å². The molecule has 0 heterocycles. The lowest BCUT2D eigenvalue weighted by atomic mass is 9.96. The van der Waals surface area contributed by atoms with Crippen molar-refractivity contribution in [2.75, 3.05) is 7.05 Å². The van der Waals surface area contributed by atoms with Gasteiger partial charge >= 0.3 is 0 Å². The van der Waals surface area contributed by atoms with Gasteiger partial charge < -0.3 is 5.11 Å². The second kappa shape index (κ2) is 6.24. The van der Waals surface area contributed by atoms with Gasteiger partial charge in [-0.2, -0.15) is 4.31 Å². The molecule has 1 N–H and O–H groups in total. The van der Waals surface area contributed by atoms with E-state index in [9.17, 15) is 13.5 Å². The Morgan fingerprint density at radius 3 is 2.50 bits per heavy atom. The topological polar surface area (TPSA) is 57.6 Å². The molecule has 20 heavy (non-hydrogen) atoms. The molecule has 1 aliphatic carbocycles. The van der Waals surface area contributed by atoms with Gasteiger partial charge in [0, 0.05) is 13.1 Å². The van der Waals surface area contributed by atoms with E-state index in [2.05, 4.69) is 0 Å². The van der Waals surface area contributed by atoms with E-state index < -0.39 is 10.0 Å². The van der Waals surface area contributed by atoms with Gasteiger partial charge in [-0.15, -0.1) is 0 Å².